The van der Waals surface area contributed by atoms with E-state index in [1.54, 1.807) is 11.8 Å². The first-order valence-corrected chi connectivity index (χ1v) is 8.06. The van der Waals surface area contributed by atoms with Crippen molar-refractivity contribution >= 4 is 33.6 Å². The first-order chi connectivity index (χ1) is 8.75. The van der Waals surface area contributed by atoms with Gasteiger partial charge in [0.15, 0.2) is 0 Å². The van der Waals surface area contributed by atoms with Crippen LogP contribution in [0.3, 0.4) is 0 Å². The van der Waals surface area contributed by atoms with Crippen molar-refractivity contribution in [2.45, 2.75) is 19.0 Å². The van der Waals surface area contributed by atoms with Crippen LogP contribution >= 0.6 is 27.7 Å². The zero-order chi connectivity index (χ0) is 12.5. The summed E-state index contributed by atoms with van der Waals surface area (Å²) >= 11 is 5.38. The molecule has 0 radical (unpaired) electrons. The van der Waals surface area contributed by atoms with Gasteiger partial charge < -0.3 is 4.90 Å². The highest BCUT2D eigenvalue weighted by molar-refractivity contribution is 9.10. The fourth-order valence-electron chi connectivity index (χ4n) is 2.53. The number of amides is 1. The molecule has 0 saturated carbocycles. The number of hydrogen-bond acceptors (Lipinski definition) is 3. The molecule has 96 valence electrons. The molecule has 1 fully saturated rings. The van der Waals surface area contributed by atoms with Gasteiger partial charge in [-0.05, 0) is 23.6 Å². The van der Waals surface area contributed by atoms with E-state index >= 15 is 0 Å². The van der Waals surface area contributed by atoms with Gasteiger partial charge >= 0.3 is 0 Å². The molecule has 1 saturated heterocycles. The third kappa shape index (κ3) is 2.31. The lowest BCUT2D eigenvalue weighted by Crippen LogP contribution is -2.46. The second-order valence-corrected chi connectivity index (χ2v) is 6.54. The number of thioether (sulfide) groups is 1. The van der Waals surface area contributed by atoms with Crippen LogP contribution in [0.1, 0.15) is 11.1 Å². The van der Waals surface area contributed by atoms with Gasteiger partial charge in [-0.3, -0.25) is 10.1 Å². The van der Waals surface area contributed by atoms with E-state index in [0.29, 0.717) is 0 Å². The average molecular weight is 327 g/mol. The lowest BCUT2D eigenvalue weighted by molar-refractivity contribution is -0.133. The van der Waals surface area contributed by atoms with Crippen molar-refractivity contribution in [1.29, 1.82) is 0 Å². The molecule has 0 unspecified atom stereocenters. The zero-order valence-corrected chi connectivity index (χ0v) is 12.4. The highest BCUT2D eigenvalue weighted by Gasteiger charge is 2.29. The fourth-order valence-corrected chi connectivity index (χ4v) is 4.06. The maximum atomic E-state index is 12.3. The Morgan fingerprint density at radius 2 is 2.39 bits per heavy atom. The Balaban J connectivity index is 1.76. The van der Waals surface area contributed by atoms with Crippen LogP contribution in [0.25, 0.3) is 0 Å². The van der Waals surface area contributed by atoms with Crippen molar-refractivity contribution in [2.75, 3.05) is 18.2 Å². The van der Waals surface area contributed by atoms with Crippen LogP contribution in [0, 0.1) is 0 Å². The average Bonchev–Trinajstić information content (AvgIpc) is 2.91. The summed E-state index contributed by atoms with van der Waals surface area (Å²) in [5.41, 5.74) is 2.63. The van der Waals surface area contributed by atoms with E-state index < -0.39 is 0 Å². The Morgan fingerprint density at radius 3 is 3.17 bits per heavy atom. The SMILES string of the molecule is O=C([C@H]1CSCN1)N1CCc2c(Br)cccc2C1. The summed E-state index contributed by atoms with van der Waals surface area (Å²) < 4.78 is 1.17. The molecular weight excluding hydrogens is 312 g/mol. The van der Waals surface area contributed by atoms with Crippen molar-refractivity contribution in [3.8, 4) is 0 Å². The largest absolute Gasteiger partial charge is 0.337 e. The van der Waals surface area contributed by atoms with Gasteiger partial charge in [0.05, 0.1) is 6.04 Å². The summed E-state index contributed by atoms with van der Waals surface area (Å²) in [6.45, 7) is 1.58. The number of rotatable bonds is 1. The molecule has 0 spiro atoms. The highest BCUT2D eigenvalue weighted by atomic mass is 79.9. The van der Waals surface area contributed by atoms with Crippen molar-refractivity contribution < 1.29 is 4.79 Å². The molecule has 3 rings (SSSR count). The Bertz CT molecular complexity index is 474. The van der Waals surface area contributed by atoms with E-state index in [4.69, 9.17) is 0 Å². The summed E-state index contributed by atoms with van der Waals surface area (Å²) in [6, 6.07) is 6.26. The molecule has 5 heteroatoms. The maximum Gasteiger partial charge on any atom is 0.240 e. The molecule has 0 bridgehead atoms. The second kappa shape index (κ2) is 5.23. The van der Waals surface area contributed by atoms with Crippen LogP contribution in [0.15, 0.2) is 22.7 Å². The molecule has 2 aliphatic heterocycles. The molecule has 18 heavy (non-hydrogen) atoms. The Morgan fingerprint density at radius 1 is 1.50 bits per heavy atom. The third-order valence-corrected chi connectivity index (χ3v) is 5.22. The van der Waals surface area contributed by atoms with E-state index in [2.05, 4.69) is 33.4 Å². The van der Waals surface area contributed by atoms with Gasteiger partial charge in [0.25, 0.3) is 0 Å². The van der Waals surface area contributed by atoms with Gasteiger partial charge in [-0.15, -0.1) is 11.8 Å². The number of nitrogens with one attached hydrogen (secondary N) is 1. The topological polar surface area (TPSA) is 32.3 Å². The molecule has 0 aliphatic carbocycles. The minimum atomic E-state index is 0.0173. The van der Waals surface area contributed by atoms with Crippen molar-refractivity contribution in [2.24, 2.45) is 0 Å². The molecule has 1 atom stereocenters. The minimum absolute atomic E-state index is 0.0173. The monoisotopic (exact) mass is 326 g/mol. The lowest BCUT2D eigenvalue weighted by atomic mass is 9.99. The summed E-state index contributed by atoms with van der Waals surface area (Å²) in [7, 11) is 0. The Kier molecular flexibility index (Phi) is 3.63. The van der Waals surface area contributed by atoms with Gasteiger partial charge in [0.2, 0.25) is 5.91 Å². The Hall–Kier alpha value is -0.520. The summed E-state index contributed by atoms with van der Waals surface area (Å²) in [5, 5.41) is 3.25. The number of carbonyl (C=O) groups excluding carboxylic acids is 1. The summed E-state index contributed by atoms with van der Waals surface area (Å²) in [6.07, 6.45) is 0.947. The molecule has 1 amide bonds. The van der Waals surface area contributed by atoms with Crippen LogP contribution in [0.2, 0.25) is 0 Å². The van der Waals surface area contributed by atoms with Gasteiger partial charge in [-0.25, -0.2) is 0 Å². The number of halogens is 1. The third-order valence-electron chi connectivity index (χ3n) is 3.53. The number of hydrogen-bond donors (Lipinski definition) is 1. The van der Waals surface area contributed by atoms with E-state index in [0.717, 1.165) is 31.1 Å². The van der Waals surface area contributed by atoms with Gasteiger partial charge in [0.1, 0.15) is 0 Å². The molecule has 2 aliphatic rings. The van der Waals surface area contributed by atoms with Crippen LogP contribution < -0.4 is 5.32 Å². The van der Waals surface area contributed by atoms with E-state index in [1.165, 1.54) is 15.6 Å². The van der Waals surface area contributed by atoms with Crippen LogP contribution in [-0.2, 0) is 17.8 Å². The van der Waals surface area contributed by atoms with Crippen LogP contribution in [-0.4, -0.2) is 35.0 Å². The molecule has 1 N–H and O–H groups in total. The van der Waals surface area contributed by atoms with Gasteiger partial charge in [-0.2, -0.15) is 0 Å². The van der Waals surface area contributed by atoms with Gasteiger partial charge in [-0.1, -0.05) is 28.1 Å². The zero-order valence-electron chi connectivity index (χ0n) is 9.99. The predicted octanol–water partition coefficient (Wildman–Crippen LogP) is 2.00. The van der Waals surface area contributed by atoms with E-state index in [1.807, 2.05) is 11.0 Å². The molecular formula is C13H15BrN2OS. The number of fused-ring (bicyclic) bond motifs is 1. The standard InChI is InChI=1S/C13H15BrN2OS/c14-11-3-1-2-9-6-16(5-4-10(9)11)13(17)12-7-18-8-15-12/h1-3,12,15H,4-8H2/t12-/m1/s1. The maximum absolute atomic E-state index is 12.3. The smallest absolute Gasteiger partial charge is 0.240 e. The van der Waals surface area contributed by atoms with Crippen LogP contribution in [0.5, 0.6) is 0 Å². The summed E-state index contributed by atoms with van der Waals surface area (Å²) in [4.78, 5) is 14.3. The number of carbonyl (C=O) groups is 1. The molecule has 0 aromatic heterocycles. The lowest BCUT2D eigenvalue weighted by Gasteiger charge is -2.31. The van der Waals surface area contributed by atoms with Crippen molar-refractivity contribution in [3.63, 3.8) is 0 Å². The van der Waals surface area contributed by atoms with Crippen molar-refractivity contribution in [1.82, 2.24) is 10.2 Å². The first kappa shape index (κ1) is 12.5. The first-order valence-electron chi connectivity index (χ1n) is 6.12. The normalized spacial score (nSPS) is 22.9. The van der Waals surface area contributed by atoms with E-state index in [9.17, 15) is 4.79 Å². The Labute approximate surface area is 119 Å². The second-order valence-electron chi connectivity index (χ2n) is 4.66. The van der Waals surface area contributed by atoms with E-state index in [-0.39, 0.29) is 11.9 Å². The molecule has 1 aromatic rings. The fraction of sp³-hybridized carbons (Fsp3) is 0.462. The predicted molar refractivity (Wildman–Crippen MR) is 77.5 cm³/mol. The van der Waals surface area contributed by atoms with Crippen molar-refractivity contribution in [3.05, 3.63) is 33.8 Å². The molecule has 3 nitrogen and oxygen atoms in total. The quantitative estimate of drug-likeness (QED) is 0.856. The van der Waals surface area contributed by atoms with Gasteiger partial charge in [0, 0.05) is 29.2 Å². The summed E-state index contributed by atoms with van der Waals surface area (Å²) in [5.74, 6) is 2.05. The number of benzene rings is 1. The minimum Gasteiger partial charge on any atom is -0.337 e. The van der Waals surface area contributed by atoms with Crippen LogP contribution in [0.4, 0.5) is 0 Å². The molecule has 2 heterocycles. The number of nitrogens with zero attached hydrogens (tertiary/aromatic N) is 1. The highest BCUT2D eigenvalue weighted by Crippen LogP contribution is 2.27. The molecule has 1 aromatic carbocycles.